The highest BCUT2D eigenvalue weighted by Crippen LogP contribution is 2.26. The summed E-state index contributed by atoms with van der Waals surface area (Å²) in [4.78, 5) is 14.5. The first-order chi connectivity index (χ1) is 9.52. The molecule has 1 heterocycles. The van der Waals surface area contributed by atoms with E-state index >= 15 is 0 Å². The zero-order chi connectivity index (χ0) is 14.7. The van der Waals surface area contributed by atoms with E-state index in [2.05, 4.69) is 0 Å². The fourth-order valence-electron chi connectivity index (χ4n) is 2.64. The SMILES string of the molecule is COc1ccc(Cl)cc1C(=O)N1CCC[C@@H]([C@@H](C)N)C1. The van der Waals surface area contributed by atoms with Crippen LogP contribution in [0.4, 0.5) is 0 Å². The van der Waals surface area contributed by atoms with E-state index in [9.17, 15) is 4.79 Å². The van der Waals surface area contributed by atoms with Gasteiger partial charge in [0.1, 0.15) is 5.75 Å². The van der Waals surface area contributed by atoms with Gasteiger partial charge in [0.05, 0.1) is 12.7 Å². The normalized spacial score (nSPS) is 20.6. The van der Waals surface area contributed by atoms with E-state index in [1.807, 2.05) is 11.8 Å². The number of carbonyl (C=O) groups is 1. The second kappa shape index (κ2) is 6.46. The Hall–Kier alpha value is -1.26. The first kappa shape index (κ1) is 15.1. The van der Waals surface area contributed by atoms with Gasteiger partial charge >= 0.3 is 0 Å². The van der Waals surface area contributed by atoms with E-state index in [0.29, 0.717) is 28.8 Å². The molecule has 2 N–H and O–H groups in total. The van der Waals surface area contributed by atoms with Gasteiger partial charge < -0.3 is 15.4 Å². The fraction of sp³-hybridized carbons (Fsp3) is 0.533. The van der Waals surface area contributed by atoms with E-state index in [0.717, 1.165) is 19.4 Å². The zero-order valence-corrected chi connectivity index (χ0v) is 12.7. The Balaban J connectivity index is 2.20. The van der Waals surface area contributed by atoms with Crippen LogP contribution in [0.1, 0.15) is 30.1 Å². The van der Waals surface area contributed by atoms with Gasteiger partial charge in [-0.3, -0.25) is 4.79 Å². The number of carbonyl (C=O) groups excluding carboxylic acids is 1. The first-order valence-electron chi connectivity index (χ1n) is 6.91. The van der Waals surface area contributed by atoms with Crippen LogP contribution < -0.4 is 10.5 Å². The van der Waals surface area contributed by atoms with Crippen molar-refractivity contribution < 1.29 is 9.53 Å². The number of hydrogen-bond acceptors (Lipinski definition) is 3. The molecule has 1 aromatic rings. The second-order valence-corrected chi connectivity index (χ2v) is 5.79. The van der Waals surface area contributed by atoms with Crippen molar-refractivity contribution in [3.05, 3.63) is 28.8 Å². The van der Waals surface area contributed by atoms with Crippen LogP contribution in [0.5, 0.6) is 5.75 Å². The summed E-state index contributed by atoms with van der Waals surface area (Å²) in [5.74, 6) is 0.884. The smallest absolute Gasteiger partial charge is 0.257 e. The van der Waals surface area contributed by atoms with Crippen LogP contribution in [0.2, 0.25) is 5.02 Å². The molecule has 110 valence electrons. The molecular weight excluding hydrogens is 276 g/mol. The molecule has 0 aliphatic carbocycles. The van der Waals surface area contributed by atoms with Gasteiger partial charge in [-0.2, -0.15) is 0 Å². The predicted molar refractivity (Wildman–Crippen MR) is 80.3 cm³/mol. The predicted octanol–water partition coefficient (Wildman–Crippen LogP) is 2.55. The summed E-state index contributed by atoms with van der Waals surface area (Å²) in [5, 5.41) is 0.537. The third-order valence-corrected chi connectivity index (χ3v) is 4.12. The largest absolute Gasteiger partial charge is 0.496 e. The first-order valence-corrected chi connectivity index (χ1v) is 7.29. The van der Waals surface area contributed by atoms with Crippen molar-refractivity contribution in [1.29, 1.82) is 0 Å². The molecule has 1 aliphatic rings. The van der Waals surface area contributed by atoms with Gasteiger partial charge in [0.2, 0.25) is 0 Å². The molecule has 4 nitrogen and oxygen atoms in total. The van der Waals surface area contributed by atoms with Gasteiger partial charge in [-0.15, -0.1) is 0 Å². The molecule has 2 rings (SSSR count). The zero-order valence-electron chi connectivity index (χ0n) is 11.9. The summed E-state index contributed by atoms with van der Waals surface area (Å²) in [6.45, 7) is 3.46. The maximum absolute atomic E-state index is 12.6. The number of amides is 1. The minimum Gasteiger partial charge on any atom is -0.496 e. The minimum absolute atomic E-state index is 0.0327. The van der Waals surface area contributed by atoms with Crippen LogP contribution >= 0.6 is 11.6 Å². The Morgan fingerprint density at radius 1 is 1.55 bits per heavy atom. The lowest BCUT2D eigenvalue weighted by Crippen LogP contribution is -2.45. The Labute approximate surface area is 124 Å². The number of ether oxygens (including phenoxy) is 1. The molecule has 5 heteroatoms. The van der Waals surface area contributed by atoms with Gasteiger partial charge in [0, 0.05) is 24.2 Å². The summed E-state index contributed by atoms with van der Waals surface area (Å²) >= 11 is 5.99. The number of halogens is 1. The fourth-order valence-corrected chi connectivity index (χ4v) is 2.81. The average Bonchev–Trinajstić information content (AvgIpc) is 2.46. The van der Waals surface area contributed by atoms with E-state index in [1.54, 1.807) is 25.3 Å². The number of piperidine rings is 1. The Morgan fingerprint density at radius 3 is 2.95 bits per heavy atom. The Bertz CT molecular complexity index is 491. The molecule has 0 aromatic heterocycles. The van der Waals surface area contributed by atoms with Gasteiger partial charge in [-0.25, -0.2) is 0 Å². The monoisotopic (exact) mass is 296 g/mol. The van der Waals surface area contributed by atoms with Crippen LogP contribution in [0.3, 0.4) is 0 Å². The summed E-state index contributed by atoms with van der Waals surface area (Å²) in [6.07, 6.45) is 2.06. The highest BCUT2D eigenvalue weighted by molar-refractivity contribution is 6.31. The van der Waals surface area contributed by atoms with Crippen LogP contribution in [-0.4, -0.2) is 37.0 Å². The second-order valence-electron chi connectivity index (χ2n) is 5.36. The molecule has 0 bridgehead atoms. The lowest BCUT2D eigenvalue weighted by molar-refractivity contribution is 0.0657. The molecule has 20 heavy (non-hydrogen) atoms. The third kappa shape index (κ3) is 3.25. The summed E-state index contributed by atoms with van der Waals surface area (Å²) in [6, 6.07) is 5.21. The molecule has 0 spiro atoms. The highest BCUT2D eigenvalue weighted by Gasteiger charge is 2.27. The molecule has 1 fully saturated rings. The van der Waals surface area contributed by atoms with Gasteiger partial charge in [0.25, 0.3) is 5.91 Å². The molecule has 0 saturated carbocycles. The van der Waals surface area contributed by atoms with Gasteiger partial charge in [0.15, 0.2) is 0 Å². The van der Waals surface area contributed by atoms with Crippen molar-refractivity contribution >= 4 is 17.5 Å². The van der Waals surface area contributed by atoms with Gasteiger partial charge in [-0.05, 0) is 43.9 Å². The van der Waals surface area contributed by atoms with E-state index in [4.69, 9.17) is 22.1 Å². The number of likely N-dealkylation sites (tertiary alicyclic amines) is 1. The van der Waals surface area contributed by atoms with Crippen LogP contribution in [0.25, 0.3) is 0 Å². The molecule has 1 aromatic carbocycles. The number of rotatable bonds is 3. The Kier molecular flexibility index (Phi) is 4.89. The maximum Gasteiger partial charge on any atom is 0.257 e. The lowest BCUT2D eigenvalue weighted by Gasteiger charge is -2.34. The summed E-state index contributed by atoms with van der Waals surface area (Å²) in [7, 11) is 1.56. The standard InChI is InChI=1S/C15H21ClN2O2/c1-10(17)11-4-3-7-18(9-11)15(19)13-8-12(16)5-6-14(13)20-2/h5-6,8,10-11H,3-4,7,9,17H2,1-2H3/t10-,11-/m1/s1. The third-order valence-electron chi connectivity index (χ3n) is 3.88. The maximum atomic E-state index is 12.6. The molecule has 1 amide bonds. The number of benzene rings is 1. The number of nitrogens with two attached hydrogens (primary N) is 1. The van der Waals surface area contributed by atoms with Crippen LogP contribution in [0, 0.1) is 5.92 Å². The van der Waals surface area contributed by atoms with Crippen molar-refractivity contribution in [2.24, 2.45) is 11.7 Å². The van der Waals surface area contributed by atoms with Crippen molar-refractivity contribution in [1.82, 2.24) is 4.90 Å². The van der Waals surface area contributed by atoms with Gasteiger partial charge in [-0.1, -0.05) is 11.6 Å². The van der Waals surface area contributed by atoms with E-state index in [1.165, 1.54) is 0 Å². The minimum atomic E-state index is -0.0327. The van der Waals surface area contributed by atoms with Crippen LogP contribution in [-0.2, 0) is 0 Å². The van der Waals surface area contributed by atoms with Crippen molar-refractivity contribution in [2.45, 2.75) is 25.8 Å². The van der Waals surface area contributed by atoms with E-state index < -0.39 is 0 Å². The van der Waals surface area contributed by atoms with Crippen molar-refractivity contribution in [2.75, 3.05) is 20.2 Å². The lowest BCUT2D eigenvalue weighted by atomic mass is 9.92. The average molecular weight is 297 g/mol. The molecule has 0 radical (unpaired) electrons. The van der Waals surface area contributed by atoms with E-state index in [-0.39, 0.29) is 11.9 Å². The molecule has 2 atom stereocenters. The molecular formula is C15H21ClN2O2. The topological polar surface area (TPSA) is 55.6 Å². The van der Waals surface area contributed by atoms with Crippen molar-refractivity contribution in [3.8, 4) is 5.75 Å². The molecule has 1 saturated heterocycles. The van der Waals surface area contributed by atoms with Crippen molar-refractivity contribution in [3.63, 3.8) is 0 Å². The highest BCUT2D eigenvalue weighted by atomic mass is 35.5. The summed E-state index contributed by atoms with van der Waals surface area (Å²) < 4.78 is 5.26. The quantitative estimate of drug-likeness (QED) is 0.932. The number of nitrogens with zero attached hydrogens (tertiary/aromatic N) is 1. The number of hydrogen-bond donors (Lipinski definition) is 1. The summed E-state index contributed by atoms with van der Waals surface area (Å²) in [5.41, 5.74) is 6.48. The molecule has 1 aliphatic heterocycles. The molecule has 0 unspecified atom stereocenters. The number of methoxy groups -OCH3 is 1. The Morgan fingerprint density at radius 2 is 2.30 bits per heavy atom. The van der Waals surface area contributed by atoms with Crippen LogP contribution in [0.15, 0.2) is 18.2 Å².